The van der Waals surface area contributed by atoms with Gasteiger partial charge in [0.1, 0.15) is 65.9 Å². The van der Waals surface area contributed by atoms with Gasteiger partial charge in [-0.15, -0.1) is 0 Å². The third kappa shape index (κ3) is 21.3. The number of aromatic amines is 2. The number of carbonyl (C=O) groups is 10. The summed E-state index contributed by atoms with van der Waals surface area (Å²) in [7, 11) is 3.32. The van der Waals surface area contributed by atoms with Crippen LogP contribution in [0.5, 0.6) is 11.5 Å². The van der Waals surface area contributed by atoms with Gasteiger partial charge in [0.15, 0.2) is 6.29 Å². The van der Waals surface area contributed by atoms with Crippen molar-refractivity contribution in [3.63, 3.8) is 0 Å². The molecule has 18 N–H and O–H groups in total. The number of H-pyrrole nitrogens is 2. The van der Waals surface area contributed by atoms with Crippen LogP contribution in [0.25, 0.3) is 10.8 Å². The molecule has 0 aliphatic carbocycles. The number of amides is 10. The molecule has 30 nitrogen and oxygen atoms in total. The summed E-state index contributed by atoms with van der Waals surface area (Å²) in [6, 6.07) is 8.82. The molecule has 2 aliphatic heterocycles. The van der Waals surface area contributed by atoms with Crippen molar-refractivity contribution in [3.8, 4) is 11.5 Å². The van der Waals surface area contributed by atoms with Crippen LogP contribution in [0.15, 0.2) is 110 Å². The molecule has 2 fully saturated rings. The molecule has 2 aliphatic rings. The van der Waals surface area contributed by atoms with Crippen molar-refractivity contribution in [3.05, 3.63) is 142 Å². The fourth-order valence-electron chi connectivity index (χ4n) is 11.2. The highest BCUT2D eigenvalue weighted by Crippen LogP contribution is 2.28. The second-order valence-corrected chi connectivity index (χ2v) is 27.9. The van der Waals surface area contributed by atoms with Crippen LogP contribution in [-0.2, 0) is 80.0 Å². The normalized spacial score (nSPS) is 21.1. The van der Waals surface area contributed by atoms with E-state index < -0.39 is 145 Å². The molecule has 98 heavy (non-hydrogen) atoms. The molecule has 6 aromatic rings. The van der Waals surface area contributed by atoms with Crippen LogP contribution in [0, 0.1) is 9.49 Å². The van der Waals surface area contributed by atoms with Crippen molar-refractivity contribution in [1.82, 2.24) is 67.4 Å². The van der Waals surface area contributed by atoms with Gasteiger partial charge in [-0.05, 0) is 93.1 Å². The Morgan fingerprint density at radius 2 is 1.31 bits per heavy atom. The van der Waals surface area contributed by atoms with Crippen molar-refractivity contribution < 1.29 is 73.1 Å². The molecule has 4 aromatic carbocycles. The number of carbonyl (C=O) groups excluding carboxylic acids is 10. The van der Waals surface area contributed by atoms with Gasteiger partial charge in [-0.1, -0.05) is 96.1 Å². The van der Waals surface area contributed by atoms with Gasteiger partial charge in [0.05, 0.1) is 46.9 Å². The van der Waals surface area contributed by atoms with Crippen molar-refractivity contribution in [2.45, 2.75) is 138 Å². The number of nitrogens with zero attached hydrogens (tertiary/aromatic N) is 3. The number of phenols is 1. The molecule has 0 bridgehead atoms. The average Bonchev–Trinajstić information content (AvgIpc) is 1.52. The van der Waals surface area contributed by atoms with Crippen molar-refractivity contribution in [2.75, 3.05) is 25.2 Å². The van der Waals surface area contributed by atoms with Crippen molar-refractivity contribution >= 4 is 114 Å². The number of benzene rings is 4. The molecule has 0 spiro atoms. The number of aromatic hydroxyl groups is 1. The molecule has 1 unspecified atom stereocenters. The number of aliphatic hydroxyl groups is 3. The number of primary amides is 1. The average molecular weight is 1500 g/mol. The zero-order valence-corrected chi connectivity index (χ0v) is 57.4. The highest BCUT2D eigenvalue weighted by Gasteiger charge is 2.44. The molecule has 524 valence electrons. The molecule has 33 heteroatoms. The van der Waals surface area contributed by atoms with Gasteiger partial charge < -0.3 is 94.0 Å². The standard InChI is InChI=1S/C65H80IN15O15S2/c1-33(2)17-46-58(88)79-51(63(93)76-49(23-39-27-70-32-72-39)60(90)73-45(56(68)86)21-37-9-6-8-36-7-4-5-10-42(36)37)29-97-98-30-52(80-61(91)48(22-38-26-69-31-71-38)74-57(87)44(67)19-34-11-14-41(96-3)15-12-34)65(95)81-28-40(82)24-53(81)64(94)78-47(20-35-13-16-54(83)43(66)18-35)59(89)77-50(25-55(84)85)62(92)75-46/h4-16,18,26-27,31-33,40,44-53,55,82-85H,17,19-25,28-30,67H2,1-3H3,(H2,68,86)(H,69,71)(H,70,72)(H,73,90)(H,74,87)(H,75,92)(H,76,93)(H,77,89)(H,78,94)(H,79,88)(H,80,91)/t40?,44-,45-,46-,47-,48-,49-,50-,51-,52-,53-/m0/s1. The lowest BCUT2D eigenvalue weighted by molar-refractivity contribution is -0.142. The minimum absolute atomic E-state index is 0.0399. The van der Waals surface area contributed by atoms with E-state index in [9.17, 15) is 58.8 Å². The van der Waals surface area contributed by atoms with E-state index >= 15 is 9.59 Å². The third-order valence-corrected chi connectivity index (χ3v) is 19.6. The van der Waals surface area contributed by atoms with E-state index in [0.717, 1.165) is 37.3 Å². The lowest BCUT2D eigenvalue weighted by Gasteiger charge is -2.31. The number of hydrogen-bond donors (Lipinski definition) is 16. The van der Waals surface area contributed by atoms with Crippen molar-refractivity contribution in [1.29, 1.82) is 0 Å². The fraction of sp³-hybridized carbons (Fsp3) is 0.415. The Balaban J connectivity index is 1.15. The fourth-order valence-corrected chi connectivity index (χ4v) is 14.1. The largest absolute Gasteiger partial charge is 0.507 e. The first kappa shape index (κ1) is 74.9. The van der Waals surface area contributed by atoms with Crippen LogP contribution in [0.4, 0.5) is 0 Å². The first-order chi connectivity index (χ1) is 46.8. The van der Waals surface area contributed by atoms with E-state index in [4.69, 9.17) is 16.2 Å². The molecular weight excluding hydrogens is 1420 g/mol. The smallest absolute Gasteiger partial charge is 0.246 e. The number of halogens is 1. The monoisotopic (exact) mass is 1500 g/mol. The van der Waals surface area contributed by atoms with Gasteiger partial charge in [0.25, 0.3) is 0 Å². The van der Waals surface area contributed by atoms with Crippen LogP contribution in [0.1, 0.15) is 61.2 Å². The van der Waals surface area contributed by atoms with Crippen molar-refractivity contribution in [2.24, 2.45) is 17.4 Å². The van der Waals surface area contributed by atoms with Crippen LogP contribution in [0.3, 0.4) is 0 Å². The van der Waals surface area contributed by atoms with Gasteiger partial charge >= 0.3 is 0 Å². The molecule has 10 amide bonds. The van der Waals surface area contributed by atoms with Gasteiger partial charge in [0, 0.05) is 69.0 Å². The van der Waals surface area contributed by atoms with Gasteiger partial charge in [0.2, 0.25) is 59.1 Å². The number of nitrogens with two attached hydrogens (primary N) is 2. The number of imidazole rings is 2. The third-order valence-electron chi connectivity index (χ3n) is 16.3. The van der Waals surface area contributed by atoms with E-state index in [-0.39, 0.29) is 68.1 Å². The lowest BCUT2D eigenvalue weighted by atomic mass is 9.98. The molecule has 2 saturated heterocycles. The summed E-state index contributed by atoms with van der Waals surface area (Å²) in [5, 5.41) is 65.3. The summed E-state index contributed by atoms with van der Waals surface area (Å²) in [6.45, 7) is 2.99. The number of aromatic nitrogens is 4. The zero-order valence-electron chi connectivity index (χ0n) is 53.6. The van der Waals surface area contributed by atoms with E-state index in [1.165, 1.54) is 50.4 Å². The highest BCUT2D eigenvalue weighted by molar-refractivity contribution is 14.1. The van der Waals surface area contributed by atoms with Crippen LogP contribution >= 0.6 is 44.2 Å². The Morgan fingerprint density at radius 1 is 0.704 bits per heavy atom. The molecule has 0 radical (unpaired) electrons. The molecule has 4 heterocycles. The Labute approximate surface area is 584 Å². The summed E-state index contributed by atoms with van der Waals surface area (Å²) in [4.78, 5) is 161. The Hall–Kier alpha value is -8.87. The first-order valence-corrected chi connectivity index (χ1v) is 35.0. The number of nitrogens with one attached hydrogen (secondary N) is 10. The maximum Gasteiger partial charge on any atom is 0.246 e. The predicted molar refractivity (Wildman–Crippen MR) is 369 cm³/mol. The number of methoxy groups -OCH3 is 1. The van der Waals surface area contributed by atoms with E-state index in [2.05, 4.69) is 62.5 Å². The second-order valence-electron chi connectivity index (χ2n) is 24.2. The second kappa shape index (κ2) is 35.6. The number of aliphatic hydroxyl groups excluding tert-OH is 2. The summed E-state index contributed by atoms with van der Waals surface area (Å²) in [5.74, 6) is -10.1. The van der Waals surface area contributed by atoms with Gasteiger partial charge in [-0.25, -0.2) is 9.97 Å². The number of rotatable bonds is 24. The lowest BCUT2D eigenvalue weighted by Crippen LogP contribution is -2.61. The molecule has 8 rings (SSSR count). The van der Waals surface area contributed by atoms with E-state index in [0.29, 0.717) is 37.4 Å². The SMILES string of the molecule is COc1ccc(C[C@H](N)C(=O)N[C@@H](Cc2c[nH]cn2)C(=O)N[C@H]2CSSC[C@@H](C(=O)N[C@@H](Cc3c[nH]cn3)C(=O)N[C@@H](Cc3cccc4ccccc34)C(N)=O)NC(=O)[C@H](CC(C)C)NC(=O)[C@H](CC(O)O)NC(=O)[C@H](Cc3ccc(O)c(I)c3)NC(=O)[C@@H]3CC(O)CN3C2=O)cc1. The summed E-state index contributed by atoms with van der Waals surface area (Å²) < 4.78 is 5.61. The van der Waals surface area contributed by atoms with Gasteiger partial charge in [-0.2, -0.15) is 0 Å². The Morgan fingerprint density at radius 3 is 1.94 bits per heavy atom. The topological polar surface area (TPSA) is 470 Å². The quantitative estimate of drug-likeness (QED) is 0.0195. The predicted octanol–water partition coefficient (Wildman–Crippen LogP) is -1.09. The van der Waals surface area contributed by atoms with Crippen LogP contribution in [-0.4, -0.2) is 202 Å². The Kier molecular flexibility index (Phi) is 27.2. The van der Waals surface area contributed by atoms with E-state index in [1.807, 2.05) is 52.9 Å². The van der Waals surface area contributed by atoms with Crippen LogP contribution in [0.2, 0.25) is 0 Å². The van der Waals surface area contributed by atoms with E-state index in [1.54, 1.807) is 50.2 Å². The maximum absolute atomic E-state index is 15.3. The molecule has 11 atom stereocenters. The first-order valence-electron chi connectivity index (χ1n) is 31.4. The Bertz CT molecular complexity index is 3770. The molecule has 0 saturated carbocycles. The molecular formula is C65H80IN15O15S2. The summed E-state index contributed by atoms with van der Waals surface area (Å²) in [5.41, 5.74) is 14.7. The summed E-state index contributed by atoms with van der Waals surface area (Å²) in [6.07, 6.45) is -0.0689. The number of ether oxygens (including phenoxy) is 1. The molecule has 2 aromatic heterocycles. The number of phenolic OH excluding ortho intramolecular Hbond substituents is 1. The maximum atomic E-state index is 15.3. The minimum atomic E-state index is -2.24. The highest BCUT2D eigenvalue weighted by atomic mass is 127. The zero-order chi connectivity index (χ0) is 70.7. The number of hydrogen-bond acceptors (Lipinski definition) is 20. The number of fused-ring (bicyclic) bond motifs is 2. The van der Waals surface area contributed by atoms with Gasteiger partial charge in [-0.3, -0.25) is 47.9 Å². The van der Waals surface area contributed by atoms with Crippen LogP contribution < -0.4 is 58.7 Å². The minimum Gasteiger partial charge on any atom is -0.507 e. The summed E-state index contributed by atoms with van der Waals surface area (Å²) >= 11 is 1.85.